The van der Waals surface area contributed by atoms with Crippen LogP contribution in [0.1, 0.15) is 37.2 Å². The predicted molar refractivity (Wildman–Crippen MR) is 114 cm³/mol. The number of carbonyl (C=O) groups excluding carboxylic acids is 2. The van der Waals surface area contributed by atoms with E-state index in [1.807, 2.05) is 0 Å². The summed E-state index contributed by atoms with van der Waals surface area (Å²) in [6.07, 6.45) is 1.94. The van der Waals surface area contributed by atoms with Crippen molar-refractivity contribution in [3.8, 4) is 0 Å². The molecule has 7 heteroatoms. The molecule has 1 aliphatic heterocycles. The van der Waals surface area contributed by atoms with Crippen LogP contribution in [0.25, 0.3) is 0 Å². The second kappa shape index (κ2) is 7.72. The van der Waals surface area contributed by atoms with Crippen molar-refractivity contribution in [1.82, 2.24) is 0 Å². The standard InChI is InChI=1S/C21H15Cl4NO2/c22-11-4-6-13(16(24)8-11)14-10-20(28)26(12-5-7-15(23)17(25)9-12)18-2-1-3-19(27)21(14)18/h4-9,14H,1-3,10H2. The molecule has 2 aromatic carbocycles. The normalized spacial score (nSPS) is 19.9. The molecule has 0 spiro atoms. The van der Waals surface area contributed by atoms with Crippen molar-refractivity contribution in [3.63, 3.8) is 0 Å². The molecule has 0 N–H and O–H groups in total. The summed E-state index contributed by atoms with van der Waals surface area (Å²) in [7, 11) is 0. The summed E-state index contributed by atoms with van der Waals surface area (Å²) >= 11 is 24.6. The minimum Gasteiger partial charge on any atom is -0.294 e. The van der Waals surface area contributed by atoms with E-state index in [1.54, 1.807) is 41.3 Å². The number of nitrogens with zero attached hydrogens (tertiary/aromatic N) is 1. The van der Waals surface area contributed by atoms with Crippen molar-refractivity contribution in [2.45, 2.75) is 31.6 Å². The molecule has 0 saturated heterocycles. The fraction of sp³-hybridized carbons (Fsp3) is 0.238. The zero-order valence-corrected chi connectivity index (χ0v) is 17.7. The largest absolute Gasteiger partial charge is 0.294 e. The number of anilines is 1. The van der Waals surface area contributed by atoms with Crippen LogP contribution in [0, 0.1) is 0 Å². The first-order chi connectivity index (χ1) is 13.4. The summed E-state index contributed by atoms with van der Waals surface area (Å²) in [4.78, 5) is 27.6. The highest BCUT2D eigenvalue weighted by molar-refractivity contribution is 6.42. The smallest absolute Gasteiger partial charge is 0.232 e. The molecule has 1 unspecified atom stereocenters. The van der Waals surface area contributed by atoms with Crippen LogP contribution in [0.3, 0.4) is 0 Å². The van der Waals surface area contributed by atoms with Crippen LogP contribution in [-0.4, -0.2) is 11.7 Å². The molecular weight excluding hydrogens is 440 g/mol. The molecule has 1 atom stereocenters. The van der Waals surface area contributed by atoms with Crippen LogP contribution in [0.4, 0.5) is 5.69 Å². The van der Waals surface area contributed by atoms with Gasteiger partial charge >= 0.3 is 0 Å². The van der Waals surface area contributed by atoms with Crippen molar-refractivity contribution >= 4 is 63.8 Å². The van der Waals surface area contributed by atoms with E-state index in [0.717, 1.165) is 11.3 Å². The number of Topliss-reactive ketones (excluding diaryl/α,β-unsaturated/α-hetero) is 1. The number of benzene rings is 2. The van der Waals surface area contributed by atoms with E-state index in [4.69, 9.17) is 46.4 Å². The molecule has 2 aromatic rings. The van der Waals surface area contributed by atoms with Gasteiger partial charge in [0.1, 0.15) is 0 Å². The number of amides is 1. The molecule has 4 rings (SSSR count). The summed E-state index contributed by atoms with van der Waals surface area (Å²) < 4.78 is 0. The van der Waals surface area contributed by atoms with Crippen molar-refractivity contribution in [2.24, 2.45) is 0 Å². The Labute approximate surface area is 182 Å². The van der Waals surface area contributed by atoms with Gasteiger partial charge in [-0.3, -0.25) is 14.5 Å². The van der Waals surface area contributed by atoms with E-state index in [9.17, 15) is 9.59 Å². The topological polar surface area (TPSA) is 37.4 Å². The number of rotatable bonds is 2. The molecule has 0 saturated carbocycles. The van der Waals surface area contributed by atoms with Gasteiger partial charge in [-0.25, -0.2) is 0 Å². The van der Waals surface area contributed by atoms with Crippen LogP contribution >= 0.6 is 46.4 Å². The molecular formula is C21H15Cl4NO2. The first-order valence-electron chi connectivity index (χ1n) is 8.86. The van der Waals surface area contributed by atoms with E-state index in [-0.39, 0.29) is 24.0 Å². The van der Waals surface area contributed by atoms with Crippen LogP contribution in [0.15, 0.2) is 47.7 Å². The van der Waals surface area contributed by atoms with Crippen LogP contribution in [-0.2, 0) is 9.59 Å². The Balaban J connectivity index is 1.88. The highest BCUT2D eigenvalue weighted by Gasteiger charge is 2.40. The molecule has 28 heavy (non-hydrogen) atoms. The van der Waals surface area contributed by atoms with Gasteiger partial charge in [0.15, 0.2) is 5.78 Å². The summed E-state index contributed by atoms with van der Waals surface area (Å²) in [5, 5.41) is 1.74. The maximum atomic E-state index is 13.1. The van der Waals surface area contributed by atoms with Gasteiger partial charge in [0.05, 0.1) is 15.7 Å². The lowest BCUT2D eigenvalue weighted by Crippen LogP contribution is -2.40. The molecule has 2 aliphatic rings. The summed E-state index contributed by atoms with van der Waals surface area (Å²) in [5.74, 6) is -0.434. The van der Waals surface area contributed by atoms with Gasteiger partial charge in [-0.15, -0.1) is 0 Å². The number of carbonyl (C=O) groups is 2. The number of hydrogen-bond acceptors (Lipinski definition) is 2. The summed E-state index contributed by atoms with van der Waals surface area (Å²) in [6.45, 7) is 0. The Morgan fingerprint density at radius 2 is 1.64 bits per heavy atom. The third kappa shape index (κ3) is 3.46. The van der Waals surface area contributed by atoms with Gasteiger partial charge in [-0.1, -0.05) is 52.5 Å². The van der Waals surface area contributed by atoms with E-state index in [0.29, 0.717) is 50.6 Å². The van der Waals surface area contributed by atoms with Gasteiger partial charge in [0.25, 0.3) is 0 Å². The van der Waals surface area contributed by atoms with E-state index >= 15 is 0 Å². The molecule has 0 fully saturated rings. The molecule has 1 aliphatic carbocycles. The molecule has 0 radical (unpaired) electrons. The molecule has 1 amide bonds. The zero-order valence-electron chi connectivity index (χ0n) is 14.6. The zero-order chi connectivity index (χ0) is 20.0. The monoisotopic (exact) mass is 453 g/mol. The van der Waals surface area contributed by atoms with Crippen molar-refractivity contribution in [1.29, 1.82) is 0 Å². The Kier molecular flexibility index (Phi) is 5.45. The van der Waals surface area contributed by atoms with Crippen LogP contribution < -0.4 is 4.90 Å². The minimum absolute atomic E-state index is 0.0508. The predicted octanol–water partition coefficient (Wildman–Crippen LogP) is 6.83. The fourth-order valence-corrected chi connectivity index (χ4v) is 4.80. The lowest BCUT2D eigenvalue weighted by Gasteiger charge is -2.38. The molecule has 144 valence electrons. The number of ketones is 1. The molecule has 3 nitrogen and oxygen atoms in total. The van der Waals surface area contributed by atoms with Gasteiger partial charge in [-0.2, -0.15) is 0 Å². The highest BCUT2D eigenvalue weighted by Crippen LogP contribution is 2.45. The first kappa shape index (κ1) is 19.8. The average Bonchev–Trinajstić information content (AvgIpc) is 2.64. The third-order valence-electron chi connectivity index (χ3n) is 5.17. The fourth-order valence-electron chi connectivity index (χ4n) is 3.97. The second-order valence-electron chi connectivity index (χ2n) is 6.89. The van der Waals surface area contributed by atoms with Gasteiger partial charge in [-0.05, 0) is 48.7 Å². The first-order valence-corrected chi connectivity index (χ1v) is 10.4. The Morgan fingerprint density at radius 1 is 0.857 bits per heavy atom. The highest BCUT2D eigenvalue weighted by atomic mass is 35.5. The van der Waals surface area contributed by atoms with Crippen molar-refractivity contribution in [2.75, 3.05) is 4.90 Å². The number of halogens is 4. The molecule has 0 bridgehead atoms. The molecule has 0 aromatic heterocycles. The van der Waals surface area contributed by atoms with E-state index in [1.165, 1.54) is 0 Å². The van der Waals surface area contributed by atoms with Crippen LogP contribution in [0.5, 0.6) is 0 Å². The number of allylic oxidation sites excluding steroid dienone is 2. The molecule has 1 heterocycles. The van der Waals surface area contributed by atoms with E-state index in [2.05, 4.69) is 0 Å². The average molecular weight is 455 g/mol. The maximum Gasteiger partial charge on any atom is 0.232 e. The number of hydrogen-bond donors (Lipinski definition) is 0. The Bertz CT molecular complexity index is 1030. The van der Waals surface area contributed by atoms with Crippen molar-refractivity contribution in [3.05, 3.63) is 73.3 Å². The van der Waals surface area contributed by atoms with E-state index < -0.39 is 0 Å². The summed E-state index contributed by atoms with van der Waals surface area (Å²) in [6, 6.07) is 10.2. The lowest BCUT2D eigenvalue weighted by molar-refractivity contribution is -0.119. The second-order valence-corrected chi connectivity index (χ2v) is 8.55. The third-order valence-corrected chi connectivity index (χ3v) is 6.48. The Hall–Kier alpha value is -1.52. The van der Waals surface area contributed by atoms with Gasteiger partial charge < -0.3 is 0 Å². The SMILES string of the molecule is O=C1CCCC2=C1C(c1ccc(Cl)cc1Cl)CC(=O)N2c1ccc(Cl)c(Cl)c1. The minimum atomic E-state index is -0.376. The van der Waals surface area contributed by atoms with Crippen LogP contribution in [0.2, 0.25) is 20.1 Å². The Morgan fingerprint density at radius 3 is 2.36 bits per heavy atom. The quantitative estimate of drug-likeness (QED) is 0.498. The van der Waals surface area contributed by atoms with Gasteiger partial charge in [0.2, 0.25) is 5.91 Å². The van der Waals surface area contributed by atoms with Gasteiger partial charge in [0, 0.05) is 40.1 Å². The maximum absolute atomic E-state index is 13.1. The summed E-state index contributed by atoms with van der Waals surface area (Å²) in [5.41, 5.74) is 2.74. The lowest BCUT2D eigenvalue weighted by atomic mass is 9.77. The van der Waals surface area contributed by atoms with Crippen molar-refractivity contribution < 1.29 is 9.59 Å².